The van der Waals surface area contributed by atoms with Crippen molar-refractivity contribution in [2.45, 2.75) is 17.9 Å². The monoisotopic (exact) mass is 492 g/mol. The van der Waals surface area contributed by atoms with Crippen LogP contribution >= 0.6 is 23.4 Å². The lowest BCUT2D eigenvalue weighted by Gasteiger charge is -2.13. The number of thioether (sulfide) groups is 1. The molecule has 1 amide bonds. The molecule has 0 aliphatic rings. The largest absolute Gasteiger partial charge is 0.467 e. The molecule has 33 heavy (non-hydrogen) atoms. The third-order valence-electron chi connectivity index (χ3n) is 4.53. The first-order chi connectivity index (χ1) is 15.8. The highest BCUT2D eigenvalue weighted by Crippen LogP contribution is 2.35. The van der Waals surface area contributed by atoms with Crippen molar-refractivity contribution in [3.05, 3.63) is 83.3 Å². The van der Waals surface area contributed by atoms with Crippen LogP contribution < -0.4 is 5.32 Å². The van der Waals surface area contributed by atoms with Gasteiger partial charge in [0.2, 0.25) is 5.91 Å². The highest BCUT2D eigenvalue weighted by molar-refractivity contribution is 7.99. The van der Waals surface area contributed by atoms with E-state index in [1.54, 1.807) is 34.9 Å². The summed E-state index contributed by atoms with van der Waals surface area (Å²) in [5, 5.41) is 11.7. The van der Waals surface area contributed by atoms with Crippen LogP contribution in [0.1, 0.15) is 11.3 Å². The summed E-state index contributed by atoms with van der Waals surface area (Å²) in [7, 11) is 0. The first-order valence-corrected chi connectivity index (χ1v) is 11.0. The fourth-order valence-corrected chi connectivity index (χ4v) is 4.02. The first-order valence-electron chi connectivity index (χ1n) is 9.61. The Kier molecular flexibility index (Phi) is 6.75. The third kappa shape index (κ3) is 5.58. The van der Waals surface area contributed by atoms with E-state index in [1.165, 1.54) is 24.5 Å². The average molecular weight is 493 g/mol. The summed E-state index contributed by atoms with van der Waals surface area (Å²) in [4.78, 5) is 12.4. The molecule has 0 aliphatic heterocycles. The van der Waals surface area contributed by atoms with Gasteiger partial charge in [-0.25, -0.2) is 0 Å². The second-order valence-corrected chi connectivity index (χ2v) is 8.24. The van der Waals surface area contributed by atoms with Gasteiger partial charge < -0.3 is 9.73 Å². The fourth-order valence-electron chi connectivity index (χ4n) is 3.09. The normalized spacial score (nSPS) is 11.5. The van der Waals surface area contributed by atoms with Crippen LogP contribution in [-0.4, -0.2) is 26.4 Å². The molecular weight excluding hydrogens is 477 g/mol. The van der Waals surface area contributed by atoms with Crippen molar-refractivity contribution in [1.29, 1.82) is 0 Å². The van der Waals surface area contributed by atoms with Crippen LogP contribution in [0.4, 0.5) is 18.9 Å². The van der Waals surface area contributed by atoms with Crippen LogP contribution in [0.15, 0.2) is 76.5 Å². The van der Waals surface area contributed by atoms with Crippen molar-refractivity contribution in [2.75, 3.05) is 11.1 Å². The smallest absolute Gasteiger partial charge is 0.418 e. The van der Waals surface area contributed by atoms with Crippen molar-refractivity contribution < 1.29 is 22.4 Å². The predicted octanol–water partition coefficient (Wildman–Crippen LogP) is 5.99. The summed E-state index contributed by atoms with van der Waals surface area (Å²) in [6.07, 6.45) is -3.04. The van der Waals surface area contributed by atoms with Crippen molar-refractivity contribution in [2.24, 2.45) is 0 Å². The van der Waals surface area contributed by atoms with Gasteiger partial charge in [-0.3, -0.25) is 9.36 Å². The molecule has 0 radical (unpaired) electrons. The highest BCUT2D eigenvalue weighted by Gasteiger charge is 2.33. The molecule has 2 aromatic heterocycles. The summed E-state index contributed by atoms with van der Waals surface area (Å²) >= 11 is 7.16. The van der Waals surface area contributed by atoms with E-state index in [0.29, 0.717) is 28.3 Å². The van der Waals surface area contributed by atoms with E-state index in [0.717, 1.165) is 23.4 Å². The topological polar surface area (TPSA) is 73.0 Å². The zero-order valence-electron chi connectivity index (χ0n) is 16.8. The average Bonchev–Trinajstić information content (AvgIpc) is 3.42. The van der Waals surface area contributed by atoms with Crippen LogP contribution in [0.5, 0.6) is 0 Å². The number of nitrogens with one attached hydrogen (secondary N) is 1. The molecule has 170 valence electrons. The Hall–Kier alpha value is -3.24. The van der Waals surface area contributed by atoms with E-state index in [-0.39, 0.29) is 11.4 Å². The lowest BCUT2D eigenvalue weighted by molar-refractivity contribution is -0.137. The number of amides is 1. The molecule has 0 saturated carbocycles. The Morgan fingerprint density at radius 2 is 1.91 bits per heavy atom. The fraction of sp³-hybridized carbons (Fsp3) is 0.136. The summed E-state index contributed by atoms with van der Waals surface area (Å²) in [5.74, 6) is 0.383. The quantitative estimate of drug-likeness (QED) is 0.321. The van der Waals surface area contributed by atoms with Crippen LogP contribution in [0.3, 0.4) is 0 Å². The molecule has 0 saturated heterocycles. The lowest BCUT2D eigenvalue weighted by Crippen LogP contribution is -2.18. The van der Waals surface area contributed by atoms with Gasteiger partial charge in [0.25, 0.3) is 0 Å². The number of alkyl halides is 3. The summed E-state index contributed by atoms with van der Waals surface area (Å²) in [6, 6.07) is 15.4. The minimum Gasteiger partial charge on any atom is -0.467 e. The van der Waals surface area contributed by atoms with E-state index < -0.39 is 17.6 Å². The Morgan fingerprint density at radius 3 is 2.64 bits per heavy atom. The van der Waals surface area contributed by atoms with Crippen molar-refractivity contribution in [1.82, 2.24) is 14.8 Å². The molecule has 1 N–H and O–H groups in total. The van der Waals surface area contributed by atoms with E-state index in [9.17, 15) is 18.0 Å². The molecule has 0 unspecified atom stereocenters. The number of carbonyl (C=O) groups excluding carboxylic acids is 1. The maximum atomic E-state index is 13.2. The molecule has 0 aliphatic carbocycles. The van der Waals surface area contributed by atoms with Crippen LogP contribution in [0.25, 0.3) is 11.4 Å². The molecule has 11 heteroatoms. The van der Waals surface area contributed by atoms with E-state index >= 15 is 0 Å². The van der Waals surface area contributed by atoms with Crippen molar-refractivity contribution in [3.8, 4) is 11.4 Å². The Bertz CT molecular complexity index is 1260. The van der Waals surface area contributed by atoms with Gasteiger partial charge in [-0.1, -0.05) is 47.6 Å². The third-order valence-corrected chi connectivity index (χ3v) is 5.73. The number of aromatic nitrogens is 3. The predicted molar refractivity (Wildman–Crippen MR) is 119 cm³/mol. The highest BCUT2D eigenvalue weighted by atomic mass is 35.5. The number of hydrogen-bond donors (Lipinski definition) is 1. The number of nitrogens with zero attached hydrogens (tertiary/aromatic N) is 3. The van der Waals surface area contributed by atoms with E-state index in [4.69, 9.17) is 16.0 Å². The van der Waals surface area contributed by atoms with E-state index in [2.05, 4.69) is 15.5 Å². The van der Waals surface area contributed by atoms with Gasteiger partial charge in [-0.05, 0) is 36.4 Å². The molecule has 2 aromatic carbocycles. The number of furan rings is 1. The van der Waals surface area contributed by atoms with Gasteiger partial charge in [0.1, 0.15) is 5.76 Å². The molecule has 4 rings (SSSR count). The molecule has 0 spiro atoms. The number of benzene rings is 2. The van der Waals surface area contributed by atoms with Gasteiger partial charge in [-0.2, -0.15) is 13.2 Å². The number of para-hydroxylation sites is 1. The number of anilines is 1. The molecule has 4 aromatic rings. The standard InChI is InChI=1S/C22H16ClF3N4O2S/c23-15-6-3-5-14(11-15)20-28-29-21(30(20)12-16-7-4-10-32-16)33-13-19(31)27-18-9-2-1-8-17(18)22(24,25)26/h1-11H,12-13H2,(H,27,31). The molecule has 0 atom stereocenters. The van der Waals surface area contributed by atoms with Crippen LogP contribution in [0, 0.1) is 0 Å². The number of halogens is 4. The maximum absolute atomic E-state index is 13.2. The summed E-state index contributed by atoms with van der Waals surface area (Å²) in [6.45, 7) is 0.294. The Balaban J connectivity index is 1.54. The second-order valence-electron chi connectivity index (χ2n) is 6.86. The van der Waals surface area contributed by atoms with Crippen LogP contribution in [-0.2, 0) is 17.5 Å². The number of rotatable bonds is 7. The zero-order chi connectivity index (χ0) is 23.4. The van der Waals surface area contributed by atoms with Crippen molar-refractivity contribution in [3.63, 3.8) is 0 Å². The summed E-state index contributed by atoms with van der Waals surface area (Å²) < 4.78 is 46.7. The number of hydrogen-bond acceptors (Lipinski definition) is 5. The van der Waals surface area contributed by atoms with Crippen LogP contribution in [0.2, 0.25) is 5.02 Å². The Labute approximate surface area is 195 Å². The molecule has 2 heterocycles. The number of carbonyl (C=O) groups is 1. The molecule has 6 nitrogen and oxygen atoms in total. The minimum atomic E-state index is -4.58. The maximum Gasteiger partial charge on any atom is 0.418 e. The van der Waals surface area contributed by atoms with Crippen molar-refractivity contribution >= 4 is 35.0 Å². The zero-order valence-corrected chi connectivity index (χ0v) is 18.4. The first kappa shape index (κ1) is 22.9. The minimum absolute atomic E-state index is 0.169. The lowest BCUT2D eigenvalue weighted by atomic mass is 10.1. The van der Waals surface area contributed by atoms with Gasteiger partial charge >= 0.3 is 6.18 Å². The van der Waals surface area contributed by atoms with Gasteiger partial charge in [0, 0.05) is 10.6 Å². The second kappa shape index (κ2) is 9.72. The van der Waals surface area contributed by atoms with E-state index in [1.807, 2.05) is 6.07 Å². The van der Waals surface area contributed by atoms with Gasteiger partial charge in [0.05, 0.1) is 29.8 Å². The molecule has 0 bridgehead atoms. The Morgan fingerprint density at radius 1 is 1.09 bits per heavy atom. The molecular formula is C22H16ClF3N4O2S. The molecule has 0 fully saturated rings. The van der Waals surface area contributed by atoms with Gasteiger partial charge in [0.15, 0.2) is 11.0 Å². The SMILES string of the molecule is O=C(CSc1nnc(-c2cccc(Cl)c2)n1Cc1ccco1)Nc1ccccc1C(F)(F)F. The summed E-state index contributed by atoms with van der Waals surface area (Å²) in [5.41, 5.74) is -0.489. The van der Waals surface area contributed by atoms with Gasteiger partial charge in [-0.15, -0.1) is 10.2 Å².